The van der Waals surface area contributed by atoms with Gasteiger partial charge >= 0.3 is 5.97 Å². The molecule has 2 aromatic rings. The Morgan fingerprint density at radius 3 is 2.16 bits per heavy atom. The van der Waals surface area contributed by atoms with Crippen LogP contribution in [0.4, 0.5) is 0 Å². The summed E-state index contributed by atoms with van der Waals surface area (Å²) in [5.41, 5.74) is 1.58. The van der Waals surface area contributed by atoms with E-state index in [0.717, 1.165) is 0 Å². The van der Waals surface area contributed by atoms with Crippen molar-refractivity contribution in [3.05, 3.63) is 54.1 Å². The summed E-state index contributed by atoms with van der Waals surface area (Å²) in [6.07, 6.45) is 0. The lowest BCUT2D eigenvalue weighted by molar-refractivity contribution is 0.0697. The summed E-state index contributed by atoms with van der Waals surface area (Å²) in [6.45, 7) is 0. The van der Waals surface area contributed by atoms with Crippen molar-refractivity contribution in [1.82, 2.24) is 0 Å². The Hall–Kier alpha value is -1.85. The molecule has 2 rings (SSSR count). The predicted octanol–water partition coefficient (Wildman–Crippen LogP) is 2.98. The van der Waals surface area contributed by atoms with Crippen LogP contribution in [0.15, 0.2) is 53.4 Å². The minimum Gasteiger partial charge on any atom is -0.478 e. The number of carbonyl (C=O) groups is 1. The van der Waals surface area contributed by atoms with Crippen molar-refractivity contribution < 1.29 is 18.3 Å². The van der Waals surface area contributed by atoms with E-state index in [1.165, 1.54) is 24.3 Å². The predicted molar refractivity (Wildman–Crippen MR) is 71.9 cm³/mol. The zero-order chi connectivity index (χ0) is 14.0. The minimum absolute atomic E-state index is 0.00676. The highest BCUT2D eigenvalue weighted by atomic mass is 35.7. The highest BCUT2D eigenvalue weighted by Gasteiger charge is 2.10. The standard InChI is InChI=1S/C13H9ClO4S/c14-19(17,18)12-6-4-9(5-7-12)10-2-1-3-11(8-10)13(15)16/h1-8H,(H,15,16). The lowest BCUT2D eigenvalue weighted by Gasteiger charge is -2.04. The first kappa shape index (κ1) is 13.6. The molecule has 4 nitrogen and oxygen atoms in total. The van der Waals surface area contributed by atoms with Crippen LogP contribution in [0.2, 0.25) is 0 Å². The SMILES string of the molecule is O=C(O)c1cccc(-c2ccc(S(=O)(=O)Cl)cc2)c1. The zero-order valence-electron chi connectivity index (χ0n) is 9.58. The first-order valence-corrected chi connectivity index (χ1v) is 7.57. The first-order chi connectivity index (χ1) is 8.88. The third-order valence-corrected chi connectivity index (χ3v) is 3.95. The summed E-state index contributed by atoms with van der Waals surface area (Å²) < 4.78 is 22.2. The molecule has 0 bridgehead atoms. The number of carboxylic acids is 1. The maximum atomic E-state index is 11.1. The fourth-order valence-electron chi connectivity index (χ4n) is 1.64. The second-order valence-electron chi connectivity index (χ2n) is 3.85. The molecule has 0 fully saturated rings. The Bertz CT molecular complexity index is 721. The average molecular weight is 297 g/mol. The Morgan fingerprint density at radius 2 is 1.63 bits per heavy atom. The zero-order valence-corrected chi connectivity index (χ0v) is 11.1. The quantitative estimate of drug-likeness (QED) is 0.884. The van der Waals surface area contributed by atoms with Crippen LogP contribution in [0.25, 0.3) is 11.1 Å². The lowest BCUT2D eigenvalue weighted by Crippen LogP contribution is -1.95. The Labute approximate surface area is 114 Å². The van der Waals surface area contributed by atoms with Gasteiger partial charge in [-0.15, -0.1) is 0 Å². The molecular weight excluding hydrogens is 288 g/mol. The molecule has 0 aliphatic carbocycles. The summed E-state index contributed by atoms with van der Waals surface area (Å²) in [7, 11) is 1.47. The molecule has 0 aromatic heterocycles. The van der Waals surface area contributed by atoms with E-state index in [9.17, 15) is 13.2 Å². The van der Waals surface area contributed by atoms with E-state index in [1.807, 2.05) is 0 Å². The Kier molecular flexibility index (Phi) is 3.59. The van der Waals surface area contributed by atoms with Gasteiger partial charge in [-0.05, 0) is 35.4 Å². The molecular formula is C13H9ClO4S. The van der Waals surface area contributed by atoms with Gasteiger partial charge in [-0.25, -0.2) is 13.2 Å². The second kappa shape index (κ2) is 5.03. The topological polar surface area (TPSA) is 71.4 Å². The number of hydrogen-bond donors (Lipinski definition) is 1. The highest BCUT2D eigenvalue weighted by molar-refractivity contribution is 8.13. The van der Waals surface area contributed by atoms with E-state index >= 15 is 0 Å². The van der Waals surface area contributed by atoms with Gasteiger partial charge in [0.2, 0.25) is 0 Å². The first-order valence-electron chi connectivity index (χ1n) is 5.26. The molecule has 1 N–H and O–H groups in total. The fraction of sp³-hybridized carbons (Fsp3) is 0. The summed E-state index contributed by atoms with van der Waals surface area (Å²) in [5, 5.41) is 8.91. The summed E-state index contributed by atoms with van der Waals surface area (Å²) in [4.78, 5) is 10.9. The van der Waals surface area contributed by atoms with E-state index in [1.54, 1.807) is 24.3 Å². The fourth-order valence-corrected chi connectivity index (χ4v) is 2.41. The molecule has 0 spiro atoms. The van der Waals surface area contributed by atoms with Gasteiger partial charge in [0.15, 0.2) is 0 Å². The summed E-state index contributed by atoms with van der Waals surface area (Å²) in [5.74, 6) is -1.01. The molecule has 0 atom stereocenters. The number of rotatable bonds is 3. The molecule has 0 amide bonds. The highest BCUT2D eigenvalue weighted by Crippen LogP contribution is 2.23. The van der Waals surface area contributed by atoms with Gasteiger partial charge in [0, 0.05) is 10.7 Å². The van der Waals surface area contributed by atoms with Gasteiger partial charge in [0.25, 0.3) is 9.05 Å². The maximum Gasteiger partial charge on any atom is 0.335 e. The number of benzene rings is 2. The number of carboxylic acid groups (broad SMARTS) is 1. The lowest BCUT2D eigenvalue weighted by atomic mass is 10.0. The van der Waals surface area contributed by atoms with Crippen molar-refractivity contribution in [2.75, 3.05) is 0 Å². The van der Waals surface area contributed by atoms with Gasteiger partial charge in [-0.2, -0.15) is 0 Å². The van der Waals surface area contributed by atoms with Crippen LogP contribution in [0.3, 0.4) is 0 Å². The van der Waals surface area contributed by atoms with Gasteiger partial charge in [0.05, 0.1) is 10.5 Å². The van der Waals surface area contributed by atoms with E-state index in [4.69, 9.17) is 15.8 Å². The van der Waals surface area contributed by atoms with Crippen LogP contribution < -0.4 is 0 Å². The molecule has 0 unspecified atom stereocenters. The van der Waals surface area contributed by atoms with Crippen molar-refractivity contribution in [2.45, 2.75) is 4.90 Å². The molecule has 0 saturated heterocycles. The van der Waals surface area contributed by atoms with Crippen LogP contribution >= 0.6 is 10.7 Å². The van der Waals surface area contributed by atoms with Gasteiger partial charge in [-0.1, -0.05) is 24.3 Å². The monoisotopic (exact) mass is 296 g/mol. The molecule has 98 valence electrons. The molecule has 6 heteroatoms. The third-order valence-electron chi connectivity index (χ3n) is 2.58. The van der Waals surface area contributed by atoms with Gasteiger partial charge < -0.3 is 5.11 Å². The molecule has 0 heterocycles. The van der Waals surface area contributed by atoms with E-state index in [0.29, 0.717) is 11.1 Å². The number of aromatic carboxylic acids is 1. The molecule has 0 saturated carbocycles. The molecule has 0 radical (unpaired) electrons. The van der Waals surface area contributed by atoms with Crippen LogP contribution in [-0.2, 0) is 9.05 Å². The van der Waals surface area contributed by atoms with Crippen molar-refractivity contribution >= 4 is 25.7 Å². The second-order valence-corrected chi connectivity index (χ2v) is 6.41. The van der Waals surface area contributed by atoms with E-state index in [-0.39, 0.29) is 10.5 Å². The summed E-state index contributed by atoms with van der Waals surface area (Å²) in [6, 6.07) is 12.3. The van der Waals surface area contributed by atoms with Crippen molar-refractivity contribution in [2.24, 2.45) is 0 Å². The molecule has 19 heavy (non-hydrogen) atoms. The summed E-state index contributed by atoms with van der Waals surface area (Å²) >= 11 is 0. The Balaban J connectivity index is 2.43. The number of halogens is 1. The van der Waals surface area contributed by atoms with Gasteiger partial charge in [0.1, 0.15) is 0 Å². The smallest absolute Gasteiger partial charge is 0.335 e. The third kappa shape index (κ3) is 3.13. The molecule has 0 aliphatic heterocycles. The van der Waals surface area contributed by atoms with E-state index < -0.39 is 15.0 Å². The maximum absolute atomic E-state index is 11.1. The van der Waals surface area contributed by atoms with Crippen molar-refractivity contribution in [1.29, 1.82) is 0 Å². The largest absolute Gasteiger partial charge is 0.478 e. The van der Waals surface area contributed by atoms with Crippen LogP contribution in [-0.4, -0.2) is 19.5 Å². The van der Waals surface area contributed by atoms with Crippen molar-refractivity contribution in [3.63, 3.8) is 0 Å². The van der Waals surface area contributed by atoms with Crippen molar-refractivity contribution in [3.8, 4) is 11.1 Å². The number of hydrogen-bond acceptors (Lipinski definition) is 3. The van der Waals surface area contributed by atoms with Crippen LogP contribution in [0.1, 0.15) is 10.4 Å². The Morgan fingerprint density at radius 1 is 1.00 bits per heavy atom. The molecule has 0 aliphatic rings. The molecule has 2 aromatic carbocycles. The van der Waals surface area contributed by atoms with E-state index in [2.05, 4.69) is 0 Å². The van der Waals surface area contributed by atoms with Crippen LogP contribution in [0.5, 0.6) is 0 Å². The minimum atomic E-state index is -3.75. The normalized spacial score (nSPS) is 11.2. The van der Waals surface area contributed by atoms with Gasteiger partial charge in [-0.3, -0.25) is 0 Å². The van der Waals surface area contributed by atoms with Crippen LogP contribution in [0, 0.1) is 0 Å². The average Bonchev–Trinajstić information content (AvgIpc) is 2.38.